The lowest BCUT2D eigenvalue weighted by molar-refractivity contribution is 0.466. The molecule has 0 aliphatic carbocycles. The van der Waals surface area contributed by atoms with Gasteiger partial charge in [0.05, 0.1) is 0 Å². The van der Waals surface area contributed by atoms with Crippen molar-refractivity contribution in [2.24, 2.45) is 0 Å². The topological polar surface area (TPSA) is 42.0 Å². The molecule has 1 aromatic rings. The molecule has 1 rings (SSSR count). The molecule has 7 heteroatoms. The standard InChI is InChI=1S/C9H11F3N2OS/c1-5(4-16(2)15)13-9-7(11)3-6(10)8(12)14-9/h3,5H,4H2,1-2H3,(H,13,14). The average Bonchev–Trinajstić information content (AvgIpc) is 2.12. The van der Waals surface area contributed by atoms with Crippen molar-refractivity contribution in [2.75, 3.05) is 17.3 Å². The van der Waals surface area contributed by atoms with Gasteiger partial charge in [-0.15, -0.1) is 0 Å². The predicted molar refractivity (Wildman–Crippen MR) is 56.1 cm³/mol. The van der Waals surface area contributed by atoms with Crippen LogP contribution in [-0.2, 0) is 10.8 Å². The molecular weight excluding hydrogens is 241 g/mol. The monoisotopic (exact) mass is 252 g/mol. The van der Waals surface area contributed by atoms with Crippen molar-refractivity contribution < 1.29 is 17.4 Å². The van der Waals surface area contributed by atoms with Crippen LogP contribution >= 0.6 is 0 Å². The number of halogens is 3. The minimum Gasteiger partial charge on any atom is -0.364 e. The van der Waals surface area contributed by atoms with Crippen molar-refractivity contribution in [3.05, 3.63) is 23.6 Å². The largest absolute Gasteiger partial charge is 0.364 e. The maximum atomic E-state index is 13.1. The molecule has 3 nitrogen and oxygen atoms in total. The maximum Gasteiger partial charge on any atom is 0.251 e. The van der Waals surface area contributed by atoms with Gasteiger partial charge in [0.25, 0.3) is 5.95 Å². The van der Waals surface area contributed by atoms with E-state index in [1.807, 2.05) is 0 Å². The summed E-state index contributed by atoms with van der Waals surface area (Å²) < 4.78 is 49.3. The molecule has 90 valence electrons. The fraction of sp³-hybridized carbons (Fsp3) is 0.444. The third kappa shape index (κ3) is 3.48. The van der Waals surface area contributed by atoms with Crippen LogP contribution < -0.4 is 5.32 Å². The molecule has 1 N–H and O–H groups in total. The second-order valence-corrected chi connectivity index (χ2v) is 4.86. The van der Waals surface area contributed by atoms with Crippen molar-refractivity contribution in [1.29, 1.82) is 0 Å². The normalized spacial score (nSPS) is 14.6. The van der Waals surface area contributed by atoms with Gasteiger partial charge in [-0.2, -0.15) is 9.37 Å². The number of hydrogen-bond donors (Lipinski definition) is 1. The summed E-state index contributed by atoms with van der Waals surface area (Å²) in [4.78, 5) is 3.09. The van der Waals surface area contributed by atoms with E-state index in [1.165, 1.54) is 6.26 Å². The van der Waals surface area contributed by atoms with Crippen molar-refractivity contribution in [1.82, 2.24) is 4.98 Å². The van der Waals surface area contributed by atoms with E-state index in [0.717, 1.165) is 0 Å². The lowest BCUT2D eigenvalue weighted by Crippen LogP contribution is -2.23. The SMILES string of the molecule is CC(CS(C)=O)Nc1nc(F)c(F)cc1F. The molecule has 16 heavy (non-hydrogen) atoms. The minimum absolute atomic E-state index is 0.264. The fourth-order valence-electron chi connectivity index (χ4n) is 1.17. The van der Waals surface area contributed by atoms with Gasteiger partial charge in [-0.25, -0.2) is 8.78 Å². The number of aromatic nitrogens is 1. The van der Waals surface area contributed by atoms with Crippen LogP contribution in [0.1, 0.15) is 6.92 Å². The first-order valence-electron chi connectivity index (χ1n) is 4.48. The number of nitrogens with one attached hydrogen (secondary N) is 1. The summed E-state index contributed by atoms with van der Waals surface area (Å²) in [7, 11) is -1.07. The summed E-state index contributed by atoms with van der Waals surface area (Å²) in [5, 5.41) is 2.52. The number of rotatable bonds is 4. The van der Waals surface area contributed by atoms with E-state index in [2.05, 4.69) is 10.3 Å². The Morgan fingerprint density at radius 2 is 2.06 bits per heavy atom. The Morgan fingerprint density at radius 1 is 1.44 bits per heavy atom. The highest BCUT2D eigenvalue weighted by Gasteiger charge is 2.13. The Labute approximate surface area is 93.5 Å². The van der Waals surface area contributed by atoms with Gasteiger partial charge in [0.2, 0.25) is 0 Å². The Balaban J connectivity index is 2.81. The molecule has 0 fully saturated rings. The van der Waals surface area contributed by atoms with Crippen molar-refractivity contribution in [2.45, 2.75) is 13.0 Å². The number of nitrogens with zero attached hydrogens (tertiary/aromatic N) is 1. The summed E-state index contributed by atoms with van der Waals surface area (Å²) >= 11 is 0. The second-order valence-electron chi connectivity index (χ2n) is 3.38. The molecule has 0 spiro atoms. The molecule has 0 aliphatic heterocycles. The third-order valence-electron chi connectivity index (χ3n) is 1.75. The van der Waals surface area contributed by atoms with Crippen LogP contribution in [0.2, 0.25) is 0 Å². The summed E-state index contributed by atoms with van der Waals surface area (Å²) in [5.74, 6) is -3.80. The zero-order valence-corrected chi connectivity index (χ0v) is 9.58. The highest BCUT2D eigenvalue weighted by molar-refractivity contribution is 7.84. The van der Waals surface area contributed by atoms with Crippen LogP contribution in [0.4, 0.5) is 19.0 Å². The minimum atomic E-state index is -1.37. The van der Waals surface area contributed by atoms with Gasteiger partial charge in [-0.3, -0.25) is 4.21 Å². The molecule has 0 amide bonds. The maximum absolute atomic E-state index is 13.1. The van der Waals surface area contributed by atoms with E-state index >= 15 is 0 Å². The van der Waals surface area contributed by atoms with Gasteiger partial charge in [-0.1, -0.05) is 0 Å². The summed E-state index contributed by atoms with van der Waals surface area (Å²) in [6.45, 7) is 1.64. The molecule has 0 radical (unpaired) electrons. The molecule has 1 heterocycles. The van der Waals surface area contributed by atoms with Gasteiger partial charge in [0.15, 0.2) is 17.5 Å². The predicted octanol–water partition coefficient (Wildman–Crippen LogP) is 1.68. The van der Waals surface area contributed by atoms with Crippen LogP contribution in [0.25, 0.3) is 0 Å². The summed E-state index contributed by atoms with van der Waals surface area (Å²) in [6, 6.07) is 0.0676. The van der Waals surface area contributed by atoms with Crippen molar-refractivity contribution in [3.63, 3.8) is 0 Å². The molecule has 1 aromatic heterocycles. The average molecular weight is 252 g/mol. The smallest absolute Gasteiger partial charge is 0.251 e. The second kappa shape index (κ2) is 5.29. The molecule has 0 aromatic carbocycles. The fourth-order valence-corrected chi connectivity index (χ4v) is 1.96. The Hall–Kier alpha value is -1.11. The van der Waals surface area contributed by atoms with Crippen LogP contribution in [0.3, 0.4) is 0 Å². The van der Waals surface area contributed by atoms with Crippen LogP contribution in [0.5, 0.6) is 0 Å². The molecule has 0 aliphatic rings. The first kappa shape index (κ1) is 13.0. The van der Waals surface area contributed by atoms with E-state index in [-0.39, 0.29) is 17.6 Å². The summed E-state index contributed by atoms with van der Waals surface area (Å²) in [5.41, 5.74) is 0. The quantitative estimate of drug-likeness (QED) is 0.829. The zero-order valence-electron chi connectivity index (χ0n) is 8.76. The molecular formula is C9H11F3N2OS. The number of hydrogen-bond acceptors (Lipinski definition) is 3. The Kier molecular flexibility index (Phi) is 4.28. The van der Waals surface area contributed by atoms with E-state index < -0.39 is 28.4 Å². The van der Waals surface area contributed by atoms with Gasteiger partial charge in [-0.05, 0) is 6.92 Å². The number of anilines is 1. The van der Waals surface area contributed by atoms with Crippen molar-refractivity contribution >= 4 is 16.6 Å². The zero-order chi connectivity index (χ0) is 12.3. The van der Waals surface area contributed by atoms with Gasteiger partial charge in [0.1, 0.15) is 0 Å². The molecule has 2 unspecified atom stereocenters. The van der Waals surface area contributed by atoms with E-state index in [1.54, 1.807) is 6.92 Å². The van der Waals surface area contributed by atoms with E-state index in [4.69, 9.17) is 0 Å². The number of pyridine rings is 1. The van der Waals surface area contributed by atoms with Crippen LogP contribution in [-0.4, -0.2) is 27.2 Å². The highest BCUT2D eigenvalue weighted by atomic mass is 32.2. The van der Waals surface area contributed by atoms with Gasteiger partial charge < -0.3 is 5.32 Å². The van der Waals surface area contributed by atoms with E-state index in [9.17, 15) is 17.4 Å². The van der Waals surface area contributed by atoms with Gasteiger partial charge >= 0.3 is 0 Å². The van der Waals surface area contributed by atoms with Crippen LogP contribution in [0.15, 0.2) is 6.07 Å². The van der Waals surface area contributed by atoms with Crippen molar-refractivity contribution in [3.8, 4) is 0 Å². The Bertz CT molecular complexity index is 414. The molecule has 0 saturated heterocycles. The van der Waals surface area contributed by atoms with Crippen LogP contribution in [0, 0.1) is 17.6 Å². The first-order chi connectivity index (χ1) is 7.40. The van der Waals surface area contributed by atoms with E-state index in [0.29, 0.717) is 6.07 Å². The molecule has 2 atom stereocenters. The lowest BCUT2D eigenvalue weighted by atomic mass is 10.3. The molecule has 0 saturated carbocycles. The first-order valence-corrected chi connectivity index (χ1v) is 6.21. The molecule has 0 bridgehead atoms. The lowest BCUT2D eigenvalue weighted by Gasteiger charge is -2.13. The highest BCUT2D eigenvalue weighted by Crippen LogP contribution is 2.15. The summed E-state index contributed by atoms with van der Waals surface area (Å²) in [6.07, 6.45) is 1.49. The Morgan fingerprint density at radius 3 is 2.62 bits per heavy atom. The van der Waals surface area contributed by atoms with Gasteiger partial charge in [0, 0.05) is 34.9 Å². The third-order valence-corrected chi connectivity index (χ3v) is 2.72.